The molecule has 15 heavy (non-hydrogen) atoms. The summed E-state index contributed by atoms with van der Waals surface area (Å²) >= 11 is 0. The summed E-state index contributed by atoms with van der Waals surface area (Å²) in [5.41, 5.74) is -1.04. The van der Waals surface area contributed by atoms with Crippen molar-refractivity contribution in [3.8, 4) is 17.2 Å². The molecule has 0 fully saturated rings. The average molecular weight is 222 g/mol. The number of halogens is 3. The molecule has 0 bridgehead atoms. The molecule has 3 nitrogen and oxygen atoms in total. The van der Waals surface area contributed by atoms with Crippen molar-refractivity contribution in [2.75, 3.05) is 14.2 Å². The lowest BCUT2D eigenvalue weighted by molar-refractivity contribution is -0.138. The third kappa shape index (κ3) is 2.26. The Hall–Kier alpha value is -1.59. The molecule has 0 atom stereocenters. The zero-order chi connectivity index (χ0) is 11.6. The molecule has 1 aromatic rings. The Balaban J connectivity index is 3.34. The largest absolute Gasteiger partial charge is 0.504 e. The molecule has 6 heteroatoms. The smallest absolute Gasteiger partial charge is 0.420 e. The minimum Gasteiger partial charge on any atom is -0.504 e. The quantitative estimate of drug-likeness (QED) is 0.835. The summed E-state index contributed by atoms with van der Waals surface area (Å²) in [5.74, 6) is -1.04. The lowest BCUT2D eigenvalue weighted by atomic mass is 10.1. The molecule has 0 aliphatic carbocycles. The van der Waals surface area contributed by atoms with E-state index in [9.17, 15) is 18.3 Å². The molecule has 1 rings (SSSR count). The Morgan fingerprint density at radius 2 is 1.60 bits per heavy atom. The number of methoxy groups -OCH3 is 2. The van der Waals surface area contributed by atoms with Crippen LogP contribution in [0.4, 0.5) is 13.2 Å². The minimum atomic E-state index is -4.57. The molecule has 0 unspecified atom stereocenters. The second-order valence-electron chi connectivity index (χ2n) is 2.72. The highest BCUT2D eigenvalue weighted by Crippen LogP contribution is 2.42. The number of alkyl halides is 3. The van der Waals surface area contributed by atoms with Crippen LogP contribution >= 0.6 is 0 Å². The molecule has 0 aliphatic heterocycles. The molecule has 0 heterocycles. The Morgan fingerprint density at radius 3 is 2.00 bits per heavy atom. The van der Waals surface area contributed by atoms with Gasteiger partial charge in [0.25, 0.3) is 0 Å². The van der Waals surface area contributed by atoms with Gasteiger partial charge in [0, 0.05) is 6.07 Å². The van der Waals surface area contributed by atoms with Crippen molar-refractivity contribution in [2.45, 2.75) is 6.18 Å². The summed E-state index contributed by atoms with van der Waals surface area (Å²) in [6, 6.07) is 1.55. The average Bonchev–Trinajstić information content (AvgIpc) is 2.16. The molecule has 0 spiro atoms. The van der Waals surface area contributed by atoms with Crippen LogP contribution in [0.15, 0.2) is 12.1 Å². The van der Waals surface area contributed by atoms with Crippen molar-refractivity contribution >= 4 is 0 Å². The Bertz CT molecular complexity index is 360. The summed E-state index contributed by atoms with van der Waals surface area (Å²) in [6.07, 6.45) is -4.57. The lowest BCUT2D eigenvalue weighted by Gasteiger charge is -2.13. The fraction of sp³-hybridized carbons (Fsp3) is 0.333. The highest BCUT2D eigenvalue weighted by atomic mass is 19.4. The van der Waals surface area contributed by atoms with Gasteiger partial charge in [-0.05, 0) is 6.07 Å². The molecular formula is C9H9F3O3. The predicted octanol–water partition coefficient (Wildman–Crippen LogP) is 2.43. The Morgan fingerprint density at radius 1 is 1.07 bits per heavy atom. The first kappa shape index (κ1) is 11.5. The van der Waals surface area contributed by atoms with Gasteiger partial charge in [0.2, 0.25) is 0 Å². The maximum atomic E-state index is 12.4. The van der Waals surface area contributed by atoms with E-state index in [4.69, 9.17) is 0 Å². The molecule has 1 aromatic carbocycles. The predicted molar refractivity (Wildman–Crippen MR) is 46.2 cm³/mol. The van der Waals surface area contributed by atoms with Gasteiger partial charge in [0.1, 0.15) is 11.3 Å². The Labute approximate surface area is 84.0 Å². The molecule has 0 amide bonds. The first-order chi connectivity index (χ1) is 6.90. The van der Waals surface area contributed by atoms with Gasteiger partial charge in [0.15, 0.2) is 11.5 Å². The van der Waals surface area contributed by atoms with Crippen LogP contribution in [0.2, 0.25) is 0 Å². The van der Waals surface area contributed by atoms with Crippen LogP contribution in [0.3, 0.4) is 0 Å². The topological polar surface area (TPSA) is 38.7 Å². The fourth-order valence-electron chi connectivity index (χ4n) is 1.10. The van der Waals surface area contributed by atoms with Gasteiger partial charge >= 0.3 is 6.18 Å². The van der Waals surface area contributed by atoms with Gasteiger partial charge < -0.3 is 14.6 Å². The summed E-state index contributed by atoms with van der Waals surface area (Å²) in [4.78, 5) is 0. The van der Waals surface area contributed by atoms with Crippen molar-refractivity contribution in [1.82, 2.24) is 0 Å². The van der Waals surface area contributed by atoms with Crippen LogP contribution in [0, 0.1) is 0 Å². The Kier molecular flexibility index (Phi) is 2.97. The molecule has 0 saturated carbocycles. The second kappa shape index (κ2) is 3.88. The van der Waals surface area contributed by atoms with Crippen molar-refractivity contribution < 1.29 is 27.8 Å². The fourth-order valence-corrected chi connectivity index (χ4v) is 1.10. The first-order valence-electron chi connectivity index (χ1n) is 3.92. The van der Waals surface area contributed by atoms with Crippen LogP contribution in [0.5, 0.6) is 17.2 Å². The van der Waals surface area contributed by atoms with Gasteiger partial charge in [-0.25, -0.2) is 0 Å². The first-order valence-corrected chi connectivity index (χ1v) is 3.92. The van der Waals surface area contributed by atoms with Crippen LogP contribution in [0.1, 0.15) is 5.56 Å². The third-order valence-corrected chi connectivity index (χ3v) is 1.81. The summed E-state index contributed by atoms with van der Waals surface area (Å²) in [5, 5.41) is 9.19. The number of rotatable bonds is 2. The van der Waals surface area contributed by atoms with E-state index in [-0.39, 0.29) is 5.75 Å². The van der Waals surface area contributed by atoms with Crippen LogP contribution in [-0.4, -0.2) is 19.3 Å². The van der Waals surface area contributed by atoms with E-state index in [1.54, 1.807) is 0 Å². The molecule has 84 valence electrons. The third-order valence-electron chi connectivity index (χ3n) is 1.81. The number of ether oxygens (including phenoxy) is 2. The summed E-state index contributed by atoms with van der Waals surface area (Å²) in [7, 11) is 2.35. The number of phenols is 1. The lowest BCUT2D eigenvalue weighted by Crippen LogP contribution is -2.07. The zero-order valence-corrected chi connectivity index (χ0v) is 8.05. The van der Waals surface area contributed by atoms with Gasteiger partial charge in [-0.1, -0.05) is 0 Å². The van der Waals surface area contributed by atoms with E-state index < -0.39 is 23.2 Å². The number of aromatic hydroxyl groups is 1. The van der Waals surface area contributed by atoms with Crippen LogP contribution in [0.25, 0.3) is 0 Å². The van der Waals surface area contributed by atoms with Crippen molar-refractivity contribution in [3.63, 3.8) is 0 Å². The highest BCUT2D eigenvalue weighted by molar-refractivity contribution is 5.50. The van der Waals surface area contributed by atoms with Crippen molar-refractivity contribution in [3.05, 3.63) is 17.7 Å². The molecule has 0 aromatic heterocycles. The van der Waals surface area contributed by atoms with E-state index in [1.807, 2.05) is 0 Å². The van der Waals surface area contributed by atoms with Gasteiger partial charge in [-0.3, -0.25) is 0 Å². The number of benzene rings is 1. The van der Waals surface area contributed by atoms with Gasteiger partial charge in [0.05, 0.1) is 14.2 Å². The number of phenolic OH excluding ortho intramolecular Hbond substituents is 1. The monoisotopic (exact) mass is 222 g/mol. The van der Waals surface area contributed by atoms with Gasteiger partial charge in [-0.15, -0.1) is 0 Å². The normalized spacial score (nSPS) is 11.3. The number of hydrogen-bond donors (Lipinski definition) is 1. The van der Waals surface area contributed by atoms with Crippen LogP contribution < -0.4 is 9.47 Å². The second-order valence-corrected chi connectivity index (χ2v) is 2.72. The maximum absolute atomic E-state index is 12.4. The van der Waals surface area contributed by atoms with Gasteiger partial charge in [-0.2, -0.15) is 13.2 Å². The molecule has 0 radical (unpaired) electrons. The molecular weight excluding hydrogens is 213 g/mol. The van der Waals surface area contributed by atoms with E-state index in [2.05, 4.69) is 9.47 Å². The minimum absolute atomic E-state index is 0.0696. The zero-order valence-electron chi connectivity index (χ0n) is 8.05. The van der Waals surface area contributed by atoms with Crippen molar-refractivity contribution in [1.29, 1.82) is 0 Å². The highest BCUT2D eigenvalue weighted by Gasteiger charge is 2.35. The molecule has 1 N–H and O–H groups in total. The SMILES string of the molecule is COc1cc(OC)c(C(F)(F)F)cc1O. The maximum Gasteiger partial charge on any atom is 0.420 e. The molecule has 0 saturated heterocycles. The standard InChI is InChI=1S/C9H9F3O3/c1-14-7-4-8(15-2)6(13)3-5(7)9(10,11)12/h3-4,13H,1-2H3. The molecule has 0 aliphatic rings. The summed E-state index contributed by atoms with van der Waals surface area (Å²) in [6.45, 7) is 0. The van der Waals surface area contributed by atoms with E-state index >= 15 is 0 Å². The van der Waals surface area contributed by atoms with Crippen LogP contribution in [-0.2, 0) is 6.18 Å². The summed E-state index contributed by atoms with van der Waals surface area (Å²) < 4.78 is 46.5. The van der Waals surface area contributed by atoms with E-state index in [0.29, 0.717) is 6.07 Å². The number of hydrogen-bond acceptors (Lipinski definition) is 3. The van der Waals surface area contributed by atoms with E-state index in [0.717, 1.165) is 13.2 Å². The van der Waals surface area contributed by atoms with Crippen molar-refractivity contribution in [2.24, 2.45) is 0 Å². The van der Waals surface area contributed by atoms with E-state index in [1.165, 1.54) is 7.11 Å².